The molecular weight excluding hydrogens is 398 g/mol. The lowest BCUT2D eigenvalue weighted by Gasteiger charge is -2.19. The SMILES string of the molecule is O=C(Oc1ccc([N+](=O)[O-])cc1)c1ccc2c(c1)S(=O)(=O)c1ccccc1C2=O. The number of non-ortho nitro benzene ring substituents is 1. The van der Waals surface area contributed by atoms with Crippen LogP contribution in [0, 0.1) is 10.1 Å². The van der Waals surface area contributed by atoms with Gasteiger partial charge >= 0.3 is 5.97 Å². The van der Waals surface area contributed by atoms with Crippen LogP contribution < -0.4 is 4.74 Å². The first-order chi connectivity index (χ1) is 13.8. The molecule has 0 bridgehead atoms. The number of benzene rings is 3. The van der Waals surface area contributed by atoms with Gasteiger partial charge in [-0.15, -0.1) is 0 Å². The van der Waals surface area contributed by atoms with Gasteiger partial charge in [0.2, 0.25) is 9.84 Å². The Labute approximate surface area is 164 Å². The van der Waals surface area contributed by atoms with E-state index in [0.717, 1.165) is 6.07 Å². The van der Waals surface area contributed by atoms with Crippen LogP contribution in [0.5, 0.6) is 5.75 Å². The average molecular weight is 409 g/mol. The fraction of sp³-hybridized carbons (Fsp3) is 0. The lowest BCUT2D eigenvalue weighted by Crippen LogP contribution is -2.21. The third kappa shape index (κ3) is 3.07. The van der Waals surface area contributed by atoms with Crippen molar-refractivity contribution in [1.29, 1.82) is 0 Å². The standard InChI is InChI=1S/C20H11NO7S/c22-19-15-3-1-2-4-17(15)29(26,27)18-11-12(5-10-16(18)19)20(23)28-14-8-6-13(7-9-14)21(24)25/h1-11H. The van der Waals surface area contributed by atoms with E-state index in [1.165, 1.54) is 54.6 Å². The van der Waals surface area contributed by atoms with Crippen LogP contribution in [0.2, 0.25) is 0 Å². The highest BCUT2D eigenvalue weighted by Crippen LogP contribution is 2.35. The first-order valence-corrected chi connectivity index (χ1v) is 9.77. The molecule has 4 rings (SSSR count). The van der Waals surface area contributed by atoms with Crippen molar-refractivity contribution >= 4 is 27.3 Å². The molecule has 1 heterocycles. The molecule has 9 heteroatoms. The van der Waals surface area contributed by atoms with E-state index in [4.69, 9.17) is 4.74 Å². The van der Waals surface area contributed by atoms with Crippen LogP contribution in [0.4, 0.5) is 5.69 Å². The number of esters is 1. The van der Waals surface area contributed by atoms with E-state index in [2.05, 4.69) is 0 Å². The van der Waals surface area contributed by atoms with Crippen LogP contribution >= 0.6 is 0 Å². The Morgan fingerprint density at radius 1 is 0.897 bits per heavy atom. The molecule has 1 aliphatic heterocycles. The minimum atomic E-state index is -3.98. The summed E-state index contributed by atoms with van der Waals surface area (Å²) in [6.45, 7) is 0. The van der Waals surface area contributed by atoms with Gasteiger partial charge < -0.3 is 4.74 Å². The molecule has 8 nitrogen and oxygen atoms in total. The highest BCUT2D eigenvalue weighted by Gasteiger charge is 2.35. The molecule has 0 N–H and O–H groups in total. The van der Waals surface area contributed by atoms with Gasteiger partial charge in [0.15, 0.2) is 5.78 Å². The van der Waals surface area contributed by atoms with Gasteiger partial charge in [-0.2, -0.15) is 0 Å². The zero-order valence-electron chi connectivity index (χ0n) is 14.6. The number of fused-ring (bicyclic) bond motifs is 2. The number of carbonyl (C=O) groups is 2. The molecule has 0 aliphatic carbocycles. The average Bonchev–Trinajstić information content (AvgIpc) is 2.72. The van der Waals surface area contributed by atoms with Crippen LogP contribution in [0.15, 0.2) is 76.5 Å². The van der Waals surface area contributed by atoms with Crippen LogP contribution in [0.1, 0.15) is 26.3 Å². The summed E-state index contributed by atoms with van der Waals surface area (Å²) in [5.74, 6) is -1.24. The van der Waals surface area contributed by atoms with E-state index in [-0.39, 0.29) is 37.9 Å². The van der Waals surface area contributed by atoms with Gasteiger partial charge in [0.05, 0.1) is 20.3 Å². The Morgan fingerprint density at radius 2 is 1.55 bits per heavy atom. The molecule has 1 aliphatic rings. The number of rotatable bonds is 3. The fourth-order valence-corrected chi connectivity index (χ4v) is 4.69. The number of hydrogen-bond donors (Lipinski definition) is 0. The van der Waals surface area contributed by atoms with E-state index in [1.807, 2.05) is 0 Å². The van der Waals surface area contributed by atoms with Gasteiger partial charge in [-0.3, -0.25) is 14.9 Å². The predicted molar refractivity (Wildman–Crippen MR) is 99.8 cm³/mol. The molecule has 144 valence electrons. The third-order valence-electron chi connectivity index (χ3n) is 4.43. The summed E-state index contributed by atoms with van der Waals surface area (Å²) in [5, 5.41) is 10.7. The van der Waals surface area contributed by atoms with Crippen molar-refractivity contribution in [1.82, 2.24) is 0 Å². The summed E-state index contributed by atoms with van der Waals surface area (Å²) in [7, 11) is -3.98. The van der Waals surface area contributed by atoms with Crippen molar-refractivity contribution in [3.63, 3.8) is 0 Å². The van der Waals surface area contributed by atoms with Gasteiger partial charge in [0, 0.05) is 23.3 Å². The van der Waals surface area contributed by atoms with Gasteiger partial charge in [-0.25, -0.2) is 13.2 Å². The Morgan fingerprint density at radius 3 is 2.24 bits per heavy atom. The lowest BCUT2D eigenvalue weighted by molar-refractivity contribution is -0.384. The van der Waals surface area contributed by atoms with Gasteiger partial charge in [0.1, 0.15) is 5.75 Å². The summed E-state index contributed by atoms with van der Waals surface area (Å²) in [4.78, 5) is 34.8. The fourth-order valence-electron chi connectivity index (χ4n) is 3.01. The van der Waals surface area contributed by atoms with Crippen LogP contribution in [0.3, 0.4) is 0 Å². The maximum Gasteiger partial charge on any atom is 0.343 e. The third-order valence-corrected chi connectivity index (χ3v) is 6.28. The van der Waals surface area contributed by atoms with Crippen molar-refractivity contribution in [2.45, 2.75) is 9.79 Å². The summed E-state index contributed by atoms with van der Waals surface area (Å²) in [5.41, 5.74) is -0.170. The van der Waals surface area contributed by atoms with E-state index >= 15 is 0 Å². The molecule has 3 aromatic carbocycles. The maximum absolute atomic E-state index is 12.9. The molecule has 0 unspecified atom stereocenters. The molecule has 0 fully saturated rings. The highest BCUT2D eigenvalue weighted by molar-refractivity contribution is 7.91. The highest BCUT2D eigenvalue weighted by atomic mass is 32.2. The van der Waals surface area contributed by atoms with Crippen LogP contribution in [0.25, 0.3) is 0 Å². The van der Waals surface area contributed by atoms with Crippen molar-refractivity contribution in [3.8, 4) is 5.75 Å². The Kier molecular flexibility index (Phi) is 4.24. The minimum Gasteiger partial charge on any atom is -0.423 e. The lowest BCUT2D eigenvalue weighted by atomic mass is 10.0. The first kappa shape index (κ1) is 18.5. The second-order valence-corrected chi connectivity index (χ2v) is 8.07. The smallest absolute Gasteiger partial charge is 0.343 e. The molecule has 0 saturated carbocycles. The number of nitrogens with zero attached hydrogens (tertiary/aromatic N) is 1. The van der Waals surface area contributed by atoms with E-state index in [9.17, 15) is 28.1 Å². The van der Waals surface area contributed by atoms with Crippen molar-refractivity contribution in [2.75, 3.05) is 0 Å². The number of ketones is 1. The number of sulfone groups is 1. The zero-order chi connectivity index (χ0) is 20.8. The summed E-state index contributed by atoms with van der Waals surface area (Å²) >= 11 is 0. The second-order valence-electron chi connectivity index (χ2n) is 6.18. The molecule has 0 spiro atoms. The molecule has 0 radical (unpaired) electrons. The second kappa shape index (κ2) is 6.64. The Hall–Kier alpha value is -3.85. The molecule has 0 amide bonds. The number of nitro groups is 1. The number of hydrogen-bond acceptors (Lipinski definition) is 7. The first-order valence-electron chi connectivity index (χ1n) is 8.28. The van der Waals surface area contributed by atoms with Gasteiger partial charge in [0.25, 0.3) is 5.69 Å². The summed E-state index contributed by atoms with van der Waals surface area (Å²) < 4.78 is 31.0. The Bertz CT molecular complexity index is 1290. The van der Waals surface area contributed by atoms with Crippen molar-refractivity contribution in [2.24, 2.45) is 0 Å². The normalized spacial score (nSPS) is 13.9. The monoisotopic (exact) mass is 409 g/mol. The largest absolute Gasteiger partial charge is 0.423 e. The van der Waals surface area contributed by atoms with Crippen LogP contribution in [-0.4, -0.2) is 25.1 Å². The number of carbonyl (C=O) groups excluding carboxylic acids is 2. The minimum absolute atomic E-state index is 0.0180. The zero-order valence-corrected chi connectivity index (χ0v) is 15.4. The molecule has 0 saturated heterocycles. The van der Waals surface area contributed by atoms with E-state index in [1.54, 1.807) is 6.07 Å². The van der Waals surface area contributed by atoms with Gasteiger partial charge in [-0.05, 0) is 42.5 Å². The van der Waals surface area contributed by atoms with E-state index in [0.29, 0.717) is 0 Å². The molecule has 0 aromatic heterocycles. The molecule has 3 aromatic rings. The predicted octanol–water partition coefficient (Wildman–Crippen LogP) is 3.19. The molecule has 0 atom stereocenters. The molecule has 29 heavy (non-hydrogen) atoms. The van der Waals surface area contributed by atoms with Crippen molar-refractivity contribution in [3.05, 3.63) is 93.5 Å². The van der Waals surface area contributed by atoms with Crippen molar-refractivity contribution < 1.29 is 27.7 Å². The molecular formula is C20H11NO7S. The van der Waals surface area contributed by atoms with Crippen LogP contribution in [-0.2, 0) is 9.84 Å². The van der Waals surface area contributed by atoms with E-state index < -0.39 is 26.5 Å². The summed E-state index contributed by atoms with van der Waals surface area (Å²) in [6, 6.07) is 14.4. The van der Waals surface area contributed by atoms with Gasteiger partial charge in [-0.1, -0.05) is 12.1 Å². The quantitative estimate of drug-likeness (QED) is 0.220. The Balaban J connectivity index is 1.69. The topological polar surface area (TPSA) is 121 Å². The number of nitro benzene ring substituents is 1. The maximum atomic E-state index is 12.9. The summed E-state index contributed by atoms with van der Waals surface area (Å²) in [6.07, 6.45) is 0. The number of ether oxygens (including phenoxy) is 1.